The van der Waals surface area contributed by atoms with Crippen molar-refractivity contribution in [2.24, 2.45) is 0 Å². The van der Waals surface area contributed by atoms with Gasteiger partial charge in [0.25, 0.3) is 0 Å². The molecule has 1 heterocycles. The molecule has 0 saturated heterocycles. The highest BCUT2D eigenvalue weighted by Crippen LogP contribution is 2.42. The minimum atomic E-state index is -1.38. The lowest BCUT2D eigenvalue weighted by Crippen LogP contribution is -2.43. The van der Waals surface area contributed by atoms with Crippen molar-refractivity contribution < 1.29 is 52.8 Å². The standard InChI is InChI=1S/C29H24F2N2O10/c1-13(35)20(12-34)32-26(38)5-15-4-14(2-3-21(15)33(10-27(39)40)11-28(41)42)29-16-6-18(30)22(36)8-24(16)43-25-9-23(37)19(31)7-17(25)29/h2-4,6-9,20,34,36H,5,10-12H2,1H3,(H,32,38)(H,39,40)(H,41,42). The van der Waals surface area contributed by atoms with Crippen LogP contribution in [0.15, 0.2) is 51.7 Å². The van der Waals surface area contributed by atoms with Gasteiger partial charge in [0.05, 0.1) is 13.0 Å². The molecule has 2 aromatic rings. The van der Waals surface area contributed by atoms with Crippen molar-refractivity contribution >= 4 is 40.3 Å². The fraction of sp³-hybridized carbons (Fsp3) is 0.207. The zero-order chi connectivity index (χ0) is 31.6. The van der Waals surface area contributed by atoms with E-state index in [1.54, 1.807) is 0 Å². The number of carbonyl (C=O) groups is 4. The molecule has 2 aliphatic rings. The molecule has 224 valence electrons. The van der Waals surface area contributed by atoms with E-state index < -0.39 is 78.6 Å². The molecule has 0 aromatic heterocycles. The molecule has 0 fully saturated rings. The van der Waals surface area contributed by atoms with E-state index in [1.807, 2.05) is 0 Å². The molecule has 0 spiro atoms. The Kier molecular flexibility index (Phi) is 8.71. The molecule has 43 heavy (non-hydrogen) atoms. The van der Waals surface area contributed by atoms with Crippen LogP contribution in [0.1, 0.15) is 12.5 Å². The highest BCUT2D eigenvalue weighted by Gasteiger charge is 2.25. The summed E-state index contributed by atoms with van der Waals surface area (Å²) in [5, 5.41) is 40.5. The van der Waals surface area contributed by atoms with E-state index in [0.29, 0.717) is 0 Å². The van der Waals surface area contributed by atoms with Crippen LogP contribution in [0, 0.1) is 11.6 Å². The summed E-state index contributed by atoms with van der Waals surface area (Å²) in [4.78, 5) is 60.8. The number of aliphatic hydroxyl groups is 1. The van der Waals surface area contributed by atoms with Crippen LogP contribution < -0.4 is 15.6 Å². The van der Waals surface area contributed by atoms with Gasteiger partial charge in [0.2, 0.25) is 11.3 Å². The Morgan fingerprint density at radius 3 is 2.26 bits per heavy atom. The van der Waals surface area contributed by atoms with Gasteiger partial charge in [0.15, 0.2) is 23.2 Å². The summed E-state index contributed by atoms with van der Waals surface area (Å²) in [6.45, 7) is -1.10. The molecule has 1 unspecified atom stereocenters. The number of Topliss-reactive ketones (excluding diaryl/α,β-unsaturated/α-hetero) is 1. The number of nitrogens with one attached hydrogen (secondary N) is 1. The minimum Gasteiger partial charge on any atom is -0.505 e. The second kappa shape index (κ2) is 12.2. The Balaban J connectivity index is 1.99. The van der Waals surface area contributed by atoms with Crippen molar-refractivity contribution in [2.75, 3.05) is 24.6 Å². The Morgan fingerprint density at radius 1 is 0.977 bits per heavy atom. The quantitative estimate of drug-likeness (QED) is 0.159. The highest BCUT2D eigenvalue weighted by atomic mass is 19.1. The molecule has 1 aliphatic carbocycles. The predicted octanol–water partition coefficient (Wildman–Crippen LogP) is 2.13. The first-order valence-electron chi connectivity index (χ1n) is 12.6. The molecule has 4 rings (SSSR count). The molecule has 0 radical (unpaired) electrons. The fourth-order valence-electron chi connectivity index (χ4n) is 4.65. The van der Waals surface area contributed by atoms with Crippen molar-refractivity contribution in [3.05, 3.63) is 69.9 Å². The Bertz CT molecular complexity index is 1790. The second-order valence-electron chi connectivity index (χ2n) is 9.63. The van der Waals surface area contributed by atoms with Gasteiger partial charge in [-0.1, -0.05) is 6.07 Å². The third-order valence-electron chi connectivity index (χ3n) is 6.56. The van der Waals surface area contributed by atoms with E-state index in [2.05, 4.69) is 5.32 Å². The number of rotatable bonds is 11. The average Bonchev–Trinajstić information content (AvgIpc) is 2.91. The van der Waals surface area contributed by atoms with Gasteiger partial charge in [-0.15, -0.1) is 0 Å². The zero-order valence-electron chi connectivity index (χ0n) is 22.4. The van der Waals surface area contributed by atoms with E-state index >= 15 is 0 Å². The van der Waals surface area contributed by atoms with Crippen molar-refractivity contribution in [2.45, 2.75) is 19.4 Å². The van der Waals surface area contributed by atoms with Crippen molar-refractivity contribution in [3.63, 3.8) is 0 Å². The number of ketones is 1. The number of hydrogen-bond acceptors (Lipinski definition) is 9. The molecule has 1 amide bonds. The maximum atomic E-state index is 14.5. The highest BCUT2D eigenvalue weighted by molar-refractivity contribution is 6.03. The number of halogens is 2. The summed E-state index contributed by atoms with van der Waals surface area (Å²) in [5.41, 5.74) is -0.691. The van der Waals surface area contributed by atoms with Crippen LogP contribution in [-0.2, 0) is 25.6 Å². The van der Waals surface area contributed by atoms with Gasteiger partial charge in [-0.25, -0.2) is 8.78 Å². The number of aromatic hydroxyl groups is 1. The maximum absolute atomic E-state index is 14.5. The molecule has 14 heteroatoms. The van der Waals surface area contributed by atoms with Gasteiger partial charge < -0.3 is 35.1 Å². The smallest absolute Gasteiger partial charge is 0.323 e. The number of carbonyl (C=O) groups excluding carboxylic acids is 2. The molecular formula is C29H24F2N2O10. The summed E-state index contributed by atoms with van der Waals surface area (Å²) in [6, 6.07) is 6.45. The number of nitrogens with zero attached hydrogens (tertiary/aromatic N) is 1. The number of aliphatic carboxylic acids is 2. The van der Waals surface area contributed by atoms with E-state index in [0.717, 1.165) is 36.1 Å². The Hall–Kier alpha value is -5.37. The lowest BCUT2D eigenvalue weighted by Gasteiger charge is -2.25. The lowest BCUT2D eigenvalue weighted by molar-refractivity contribution is -0.136. The first-order valence-corrected chi connectivity index (χ1v) is 12.6. The number of phenolic OH excluding ortho intramolecular Hbond substituents is 1. The van der Waals surface area contributed by atoms with Gasteiger partial charge in [0.1, 0.15) is 30.5 Å². The summed E-state index contributed by atoms with van der Waals surface area (Å²) < 4.78 is 34.7. The van der Waals surface area contributed by atoms with Crippen LogP contribution in [-0.4, -0.2) is 69.8 Å². The first-order chi connectivity index (χ1) is 20.3. The second-order valence-corrected chi connectivity index (χ2v) is 9.63. The van der Waals surface area contributed by atoms with E-state index in [1.165, 1.54) is 18.2 Å². The minimum absolute atomic E-state index is 0.0122. The predicted molar refractivity (Wildman–Crippen MR) is 147 cm³/mol. The van der Waals surface area contributed by atoms with Crippen LogP contribution in [0.4, 0.5) is 14.5 Å². The molecule has 1 aliphatic heterocycles. The molecule has 5 N–H and O–H groups in total. The maximum Gasteiger partial charge on any atom is 0.323 e. The first kappa shape index (κ1) is 30.6. The number of aliphatic hydroxyl groups excluding tert-OH is 1. The van der Waals surface area contributed by atoms with Crippen LogP contribution >= 0.6 is 0 Å². The molecule has 0 bridgehead atoms. The van der Waals surface area contributed by atoms with Crippen LogP contribution in [0.5, 0.6) is 5.75 Å². The Morgan fingerprint density at radius 2 is 1.65 bits per heavy atom. The van der Waals surface area contributed by atoms with Crippen LogP contribution in [0.3, 0.4) is 0 Å². The van der Waals surface area contributed by atoms with Crippen LogP contribution in [0.2, 0.25) is 0 Å². The van der Waals surface area contributed by atoms with Crippen molar-refractivity contribution in [1.82, 2.24) is 5.32 Å². The lowest BCUT2D eigenvalue weighted by atomic mass is 9.91. The third-order valence-corrected chi connectivity index (χ3v) is 6.56. The number of fused-ring (bicyclic) bond motifs is 2. The molecule has 1 atom stereocenters. The van der Waals surface area contributed by atoms with E-state index in [-0.39, 0.29) is 44.7 Å². The molecule has 0 saturated carbocycles. The van der Waals surface area contributed by atoms with Crippen molar-refractivity contribution in [3.8, 4) is 28.2 Å². The normalized spacial score (nSPS) is 11.8. The van der Waals surface area contributed by atoms with Gasteiger partial charge in [-0.3, -0.25) is 24.0 Å². The van der Waals surface area contributed by atoms with E-state index in [4.69, 9.17) is 4.42 Å². The number of hydrogen-bond donors (Lipinski definition) is 5. The van der Waals surface area contributed by atoms with Crippen molar-refractivity contribution in [1.29, 1.82) is 0 Å². The molecular weight excluding hydrogens is 574 g/mol. The summed E-state index contributed by atoms with van der Waals surface area (Å²) in [6.07, 6.45) is -0.538. The van der Waals surface area contributed by atoms with Crippen LogP contribution in [0.25, 0.3) is 33.4 Å². The topological polar surface area (TPSA) is 195 Å². The van der Waals surface area contributed by atoms with Gasteiger partial charge in [-0.2, -0.15) is 0 Å². The molecule has 2 aromatic carbocycles. The number of anilines is 1. The number of phenols is 1. The number of benzene rings is 3. The zero-order valence-corrected chi connectivity index (χ0v) is 22.4. The number of carboxylic acid groups (broad SMARTS) is 2. The molecule has 12 nitrogen and oxygen atoms in total. The summed E-state index contributed by atoms with van der Waals surface area (Å²) >= 11 is 0. The van der Waals surface area contributed by atoms with Gasteiger partial charge in [-0.05, 0) is 42.3 Å². The third kappa shape index (κ3) is 6.59. The monoisotopic (exact) mass is 598 g/mol. The fourth-order valence-corrected chi connectivity index (χ4v) is 4.65. The largest absolute Gasteiger partial charge is 0.505 e. The summed E-state index contributed by atoms with van der Waals surface area (Å²) in [7, 11) is 0. The van der Waals surface area contributed by atoms with E-state index in [9.17, 15) is 53.2 Å². The summed E-state index contributed by atoms with van der Waals surface area (Å²) in [5.74, 6) is -7.15. The van der Waals surface area contributed by atoms with Gasteiger partial charge >= 0.3 is 11.9 Å². The average molecular weight is 599 g/mol. The SMILES string of the molecule is CC(=O)C(CO)NC(=O)Cc1cc(-c2c3cc(F)c(=O)cc-3oc3cc(O)c(F)cc23)ccc1N(CC(=O)O)CC(=O)O. The Labute approximate surface area is 240 Å². The van der Waals surface area contributed by atoms with Gasteiger partial charge in [0, 0.05) is 34.3 Å². The number of amides is 1. The number of carboxylic acids is 2.